The highest BCUT2D eigenvalue weighted by molar-refractivity contribution is 5.96. The van der Waals surface area contributed by atoms with E-state index in [9.17, 15) is 14.3 Å². The molecule has 0 atom stereocenters. The van der Waals surface area contributed by atoms with Gasteiger partial charge in [-0.25, -0.2) is 4.39 Å². The average molecular weight is 250 g/mol. The van der Waals surface area contributed by atoms with Crippen LogP contribution in [0.4, 0.5) is 4.39 Å². The van der Waals surface area contributed by atoms with Crippen molar-refractivity contribution in [2.45, 2.75) is 6.54 Å². The highest BCUT2D eigenvalue weighted by atomic mass is 19.1. The summed E-state index contributed by atoms with van der Waals surface area (Å²) in [4.78, 5) is 11.7. The molecule has 0 aliphatic carbocycles. The van der Waals surface area contributed by atoms with Crippen molar-refractivity contribution in [2.75, 3.05) is 6.54 Å². The number of halogens is 1. The summed E-state index contributed by atoms with van der Waals surface area (Å²) in [5.41, 5.74) is -0.0893. The van der Waals surface area contributed by atoms with E-state index in [0.29, 0.717) is 13.1 Å². The molecule has 2 aromatic rings. The lowest BCUT2D eigenvalue weighted by molar-refractivity contribution is 0.0948. The standard InChI is InChI=1S/C11H11FN4O2/c12-8-1-2-10(17)9(7-8)11(18)13-3-5-16-6-4-14-15-16/h1-2,4,6-7,17H,3,5H2,(H,13,18). The van der Waals surface area contributed by atoms with Crippen LogP contribution in [-0.2, 0) is 6.54 Å². The summed E-state index contributed by atoms with van der Waals surface area (Å²) in [6, 6.07) is 3.21. The molecular formula is C11H11FN4O2. The zero-order valence-corrected chi connectivity index (χ0v) is 9.38. The van der Waals surface area contributed by atoms with Gasteiger partial charge in [0.1, 0.15) is 11.6 Å². The van der Waals surface area contributed by atoms with Crippen LogP contribution in [0.5, 0.6) is 5.75 Å². The lowest BCUT2D eigenvalue weighted by Gasteiger charge is -2.06. The Morgan fingerprint density at radius 2 is 2.33 bits per heavy atom. The first-order valence-corrected chi connectivity index (χ1v) is 5.27. The molecule has 0 bridgehead atoms. The van der Waals surface area contributed by atoms with Gasteiger partial charge in [0, 0.05) is 12.7 Å². The molecule has 0 radical (unpaired) electrons. The fraction of sp³-hybridized carbons (Fsp3) is 0.182. The molecule has 0 fully saturated rings. The molecular weight excluding hydrogens is 239 g/mol. The summed E-state index contributed by atoms with van der Waals surface area (Å²) in [6.45, 7) is 0.750. The molecule has 1 aromatic heterocycles. The van der Waals surface area contributed by atoms with Gasteiger partial charge in [0.05, 0.1) is 18.3 Å². The minimum absolute atomic E-state index is 0.0893. The van der Waals surface area contributed by atoms with Crippen molar-refractivity contribution in [1.29, 1.82) is 0 Å². The number of hydrogen-bond acceptors (Lipinski definition) is 4. The average Bonchev–Trinajstić information content (AvgIpc) is 2.85. The van der Waals surface area contributed by atoms with Crippen LogP contribution in [0, 0.1) is 5.82 Å². The van der Waals surface area contributed by atoms with Gasteiger partial charge in [-0.05, 0) is 18.2 Å². The Morgan fingerprint density at radius 3 is 3.06 bits per heavy atom. The molecule has 0 aliphatic rings. The van der Waals surface area contributed by atoms with Gasteiger partial charge in [-0.15, -0.1) is 5.10 Å². The molecule has 7 heteroatoms. The monoisotopic (exact) mass is 250 g/mol. The first-order chi connectivity index (χ1) is 8.66. The van der Waals surface area contributed by atoms with Crippen LogP contribution in [0.1, 0.15) is 10.4 Å². The molecule has 0 saturated carbocycles. The van der Waals surface area contributed by atoms with Crippen LogP contribution in [0.3, 0.4) is 0 Å². The van der Waals surface area contributed by atoms with Crippen LogP contribution in [-0.4, -0.2) is 32.6 Å². The van der Waals surface area contributed by atoms with E-state index >= 15 is 0 Å². The molecule has 0 unspecified atom stereocenters. The second kappa shape index (κ2) is 5.26. The fourth-order valence-electron chi connectivity index (χ4n) is 1.42. The van der Waals surface area contributed by atoms with Gasteiger partial charge in [-0.2, -0.15) is 0 Å². The van der Waals surface area contributed by atoms with E-state index in [-0.39, 0.29) is 11.3 Å². The Morgan fingerprint density at radius 1 is 1.50 bits per heavy atom. The van der Waals surface area contributed by atoms with Gasteiger partial charge >= 0.3 is 0 Å². The number of nitrogens with zero attached hydrogens (tertiary/aromatic N) is 3. The Hall–Kier alpha value is -2.44. The summed E-state index contributed by atoms with van der Waals surface area (Å²) < 4.78 is 14.5. The maximum atomic E-state index is 12.9. The number of hydrogen-bond donors (Lipinski definition) is 2. The first-order valence-electron chi connectivity index (χ1n) is 5.27. The number of amides is 1. The molecule has 1 amide bonds. The van der Waals surface area contributed by atoms with Crippen molar-refractivity contribution in [1.82, 2.24) is 20.3 Å². The number of aromatic hydroxyl groups is 1. The third-order valence-electron chi connectivity index (χ3n) is 2.30. The van der Waals surface area contributed by atoms with E-state index in [4.69, 9.17) is 0 Å². The van der Waals surface area contributed by atoms with Gasteiger partial charge in [0.15, 0.2) is 0 Å². The molecule has 94 valence electrons. The highest BCUT2D eigenvalue weighted by Gasteiger charge is 2.11. The SMILES string of the molecule is O=C(NCCn1ccnn1)c1cc(F)ccc1O. The molecule has 0 aliphatic heterocycles. The zero-order chi connectivity index (χ0) is 13.0. The van der Waals surface area contributed by atoms with Gasteiger partial charge in [0.25, 0.3) is 5.91 Å². The molecule has 2 N–H and O–H groups in total. The number of phenols is 1. The van der Waals surface area contributed by atoms with Crippen LogP contribution in [0.2, 0.25) is 0 Å². The lowest BCUT2D eigenvalue weighted by Crippen LogP contribution is -2.27. The fourth-order valence-corrected chi connectivity index (χ4v) is 1.42. The summed E-state index contributed by atoms with van der Waals surface area (Å²) in [7, 11) is 0. The maximum Gasteiger partial charge on any atom is 0.255 e. The molecule has 6 nitrogen and oxygen atoms in total. The number of carbonyl (C=O) groups is 1. The van der Waals surface area contributed by atoms with Crippen molar-refractivity contribution in [2.24, 2.45) is 0 Å². The van der Waals surface area contributed by atoms with Crippen molar-refractivity contribution in [3.8, 4) is 5.75 Å². The molecule has 0 spiro atoms. The van der Waals surface area contributed by atoms with E-state index in [1.807, 2.05) is 0 Å². The van der Waals surface area contributed by atoms with Gasteiger partial charge in [-0.3, -0.25) is 9.48 Å². The number of carbonyl (C=O) groups excluding carboxylic acids is 1. The Bertz CT molecular complexity index is 542. The maximum absolute atomic E-state index is 12.9. The quantitative estimate of drug-likeness (QED) is 0.830. The normalized spacial score (nSPS) is 10.3. The molecule has 2 rings (SSSR count). The van der Waals surface area contributed by atoms with Crippen LogP contribution in [0.25, 0.3) is 0 Å². The van der Waals surface area contributed by atoms with Crippen LogP contribution < -0.4 is 5.32 Å². The Balaban J connectivity index is 1.93. The lowest BCUT2D eigenvalue weighted by atomic mass is 10.2. The number of aromatic nitrogens is 3. The summed E-state index contributed by atoms with van der Waals surface area (Å²) in [5.74, 6) is -1.36. The van der Waals surface area contributed by atoms with Crippen molar-refractivity contribution in [3.05, 3.63) is 42.0 Å². The predicted octanol–water partition coefficient (Wildman–Crippen LogP) is 0.553. The largest absolute Gasteiger partial charge is 0.507 e. The zero-order valence-electron chi connectivity index (χ0n) is 9.38. The Labute approximate surface area is 102 Å². The minimum atomic E-state index is -0.575. The second-order valence-electron chi connectivity index (χ2n) is 3.58. The highest BCUT2D eigenvalue weighted by Crippen LogP contribution is 2.17. The number of benzene rings is 1. The third-order valence-corrected chi connectivity index (χ3v) is 2.30. The first kappa shape index (κ1) is 12.0. The van der Waals surface area contributed by atoms with Crippen molar-refractivity contribution < 1.29 is 14.3 Å². The van der Waals surface area contributed by atoms with E-state index in [2.05, 4.69) is 15.6 Å². The topological polar surface area (TPSA) is 80.0 Å². The molecule has 1 aromatic carbocycles. The summed E-state index contributed by atoms with van der Waals surface area (Å²) >= 11 is 0. The van der Waals surface area contributed by atoms with E-state index < -0.39 is 11.7 Å². The number of rotatable bonds is 4. The summed E-state index contributed by atoms with van der Waals surface area (Å²) in [6.07, 6.45) is 3.19. The van der Waals surface area contributed by atoms with Gasteiger partial charge in [0.2, 0.25) is 0 Å². The van der Waals surface area contributed by atoms with Crippen molar-refractivity contribution in [3.63, 3.8) is 0 Å². The number of phenolic OH excluding ortho intramolecular Hbond substituents is 1. The number of nitrogens with one attached hydrogen (secondary N) is 1. The van der Waals surface area contributed by atoms with Gasteiger partial charge < -0.3 is 10.4 Å². The van der Waals surface area contributed by atoms with Crippen LogP contribution in [0.15, 0.2) is 30.6 Å². The van der Waals surface area contributed by atoms with Crippen LogP contribution >= 0.6 is 0 Å². The van der Waals surface area contributed by atoms with E-state index in [1.54, 1.807) is 10.9 Å². The smallest absolute Gasteiger partial charge is 0.255 e. The minimum Gasteiger partial charge on any atom is -0.507 e. The second-order valence-corrected chi connectivity index (χ2v) is 3.58. The van der Waals surface area contributed by atoms with Gasteiger partial charge in [-0.1, -0.05) is 5.21 Å². The molecule has 18 heavy (non-hydrogen) atoms. The Kier molecular flexibility index (Phi) is 3.52. The molecule has 1 heterocycles. The third kappa shape index (κ3) is 2.82. The van der Waals surface area contributed by atoms with E-state index in [0.717, 1.165) is 18.2 Å². The van der Waals surface area contributed by atoms with Crippen molar-refractivity contribution >= 4 is 5.91 Å². The summed E-state index contributed by atoms with van der Waals surface area (Å²) in [5, 5.41) is 19.3. The predicted molar refractivity (Wildman–Crippen MR) is 60.4 cm³/mol. The van der Waals surface area contributed by atoms with E-state index in [1.165, 1.54) is 6.20 Å². The molecule has 0 saturated heterocycles.